The number of hydrogen-bond donors (Lipinski definition) is 1. The molecule has 1 amide bonds. The number of nitrogens with one attached hydrogen (secondary N) is 1. The first-order chi connectivity index (χ1) is 10.3. The molecule has 0 bridgehead atoms. The van der Waals surface area contributed by atoms with Gasteiger partial charge in [-0.3, -0.25) is 4.79 Å². The normalized spacial score (nSPS) is 10.7. The summed E-state index contributed by atoms with van der Waals surface area (Å²) in [5.74, 6) is 0.315. The fourth-order valence-electron chi connectivity index (χ4n) is 1.93. The Morgan fingerprint density at radius 1 is 1.52 bits per heavy atom. The molecule has 5 nitrogen and oxygen atoms in total. The molecule has 1 aromatic heterocycles. The van der Waals surface area contributed by atoms with Crippen LogP contribution in [0.4, 0.5) is 0 Å². The van der Waals surface area contributed by atoms with Crippen molar-refractivity contribution in [2.75, 3.05) is 26.0 Å². The molecule has 0 aliphatic rings. The number of ether oxygens (including phenoxy) is 1. The molecule has 0 aliphatic heterocycles. The van der Waals surface area contributed by atoms with E-state index in [1.807, 2.05) is 24.3 Å². The van der Waals surface area contributed by atoms with Gasteiger partial charge in [0.2, 0.25) is 5.91 Å². The molecule has 112 valence electrons. The molecule has 2 rings (SSSR count). The summed E-state index contributed by atoms with van der Waals surface area (Å²) in [7, 11) is 1.68. The summed E-state index contributed by atoms with van der Waals surface area (Å²) in [6, 6.07) is 7.94. The number of benzene rings is 1. The van der Waals surface area contributed by atoms with Gasteiger partial charge in [0.05, 0.1) is 23.4 Å². The Balaban J connectivity index is 2.13. The maximum atomic E-state index is 11.7. The Bertz CT molecular complexity index is 624. The summed E-state index contributed by atoms with van der Waals surface area (Å²) >= 11 is 1.43. The topological polar surface area (TPSA) is 56.2 Å². The number of carbonyl (C=O) groups is 1. The zero-order valence-corrected chi connectivity index (χ0v) is 12.9. The smallest absolute Gasteiger partial charge is 0.230 e. The number of rotatable bonds is 8. The molecular formula is C15H19N3O2S. The second kappa shape index (κ2) is 7.85. The van der Waals surface area contributed by atoms with Crippen molar-refractivity contribution < 1.29 is 9.53 Å². The Morgan fingerprint density at radius 2 is 2.33 bits per heavy atom. The van der Waals surface area contributed by atoms with E-state index in [0.717, 1.165) is 16.2 Å². The van der Waals surface area contributed by atoms with E-state index in [9.17, 15) is 4.79 Å². The minimum Gasteiger partial charge on any atom is -0.383 e. The van der Waals surface area contributed by atoms with Crippen molar-refractivity contribution in [3.05, 3.63) is 36.9 Å². The molecule has 21 heavy (non-hydrogen) atoms. The SMILES string of the molecule is C=CCNC(=O)CSc1nc2ccccc2n1CCOC. The van der Waals surface area contributed by atoms with Gasteiger partial charge in [-0.15, -0.1) is 6.58 Å². The predicted octanol–water partition coefficient (Wildman–Crippen LogP) is 2.08. The monoisotopic (exact) mass is 305 g/mol. The van der Waals surface area contributed by atoms with Gasteiger partial charge in [-0.05, 0) is 12.1 Å². The van der Waals surface area contributed by atoms with Gasteiger partial charge < -0.3 is 14.6 Å². The van der Waals surface area contributed by atoms with Crippen molar-refractivity contribution in [1.82, 2.24) is 14.9 Å². The quantitative estimate of drug-likeness (QED) is 0.599. The summed E-state index contributed by atoms with van der Waals surface area (Å²) in [6.07, 6.45) is 1.66. The Labute approximate surface area is 128 Å². The van der Waals surface area contributed by atoms with Crippen molar-refractivity contribution in [2.24, 2.45) is 0 Å². The number of amides is 1. The van der Waals surface area contributed by atoms with Crippen LogP contribution in [0.15, 0.2) is 42.1 Å². The van der Waals surface area contributed by atoms with Gasteiger partial charge in [0, 0.05) is 20.2 Å². The minimum absolute atomic E-state index is 0.0229. The van der Waals surface area contributed by atoms with Crippen LogP contribution in [0.25, 0.3) is 11.0 Å². The average molecular weight is 305 g/mol. The number of thioether (sulfide) groups is 1. The van der Waals surface area contributed by atoms with Crippen molar-refractivity contribution in [2.45, 2.75) is 11.7 Å². The van der Waals surface area contributed by atoms with Gasteiger partial charge in [-0.25, -0.2) is 4.98 Å². The molecule has 0 saturated carbocycles. The van der Waals surface area contributed by atoms with E-state index in [1.165, 1.54) is 11.8 Å². The maximum Gasteiger partial charge on any atom is 0.230 e. The van der Waals surface area contributed by atoms with Crippen LogP contribution in [0.2, 0.25) is 0 Å². The van der Waals surface area contributed by atoms with Crippen LogP contribution in [0.5, 0.6) is 0 Å². The highest BCUT2D eigenvalue weighted by Gasteiger charge is 2.12. The van der Waals surface area contributed by atoms with Crippen LogP contribution in [0.3, 0.4) is 0 Å². The fraction of sp³-hybridized carbons (Fsp3) is 0.333. The first-order valence-corrected chi connectivity index (χ1v) is 7.69. The third kappa shape index (κ3) is 4.09. The van der Waals surface area contributed by atoms with Crippen molar-refractivity contribution >= 4 is 28.7 Å². The molecule has 0 atom stereocenters. The predicted molar refractivity (Wildman–Crippen MR) is 85.5 cm³/mol. The van der Waals surface area contributed by atoms with Crippen LogP contribution in [0.1, 0.15) is 0 Å². The highest BCUT2D eigenvalue weighted by molar-refractivity contribution is 7.99. The first kappa shape index (κ1) is 15.6. The van der Waals surface area contributed by atoms with Crippen LogP contribution in [0, 0.1) is 0 Å². The number of fused-ring (bicyclic) bond motifs is 1. The lowest BCUT2D eigenvalue weighted by atomic mass is 10.3. The number of carbonyl (C=O) groups excluding carboxylic acids is 1. The molecule has 6 heteroatoms. The maximum absolute atomic E-state index is 11.7. The molecule has 0 radical (unpaired) electrons. The van der Waals surface area contributed by atoms with E-state index < -0.39 is 0 Å². The molecule has 0 unspecified atom stereocenters. The summed E-state index contributed by atoms with van der Waals surface area (Å²) in [5, 5.41) is 3.59. The number of methoxy groups -OCH3 is 1. The Kier molecular flexibility index (Phi) is 5.83. The lowest BCUT2D eigenvalue weighted by Gasteiger charge is -2.08. The third-order valence-electron chi connectivity index (χ3n) is 2.91. The Morgan fingerprint density at radius 3 is 3.10 bits per heavy atom. The molecule has 1 N–H and O–H groups in total. The zero-order chi connectivity index (χ0) is 15.1. The van der Waals surface area contributed by atoms with E-state index in [4.69, 9.17) is 4.74 Å². The number of aromatic nitrogens is 2. The Hall–Kier alpha value is -1.79. The molecule has 1 aromatic carbocycles. The van der Waals surface area contributed by atoms with Crippen molar-refractivity contribution in [3.63, 3.8) is 0 Å². The molecule has 2 aromatic rings. The van der Waals surface area contributed by atoms with E-state index in [2.05, 4.69) is 21.4 Å². The number of nitrogens with zero attached hydrogens (tertiary/aromatic N) is 2. The molecule has 1 heterocycles. The molecule has 0 aliphatic carbocycles. The highest BCUT2D eigenvalue weighted by Crippen LogP contribution is 2.23. The summed E-state index contributed by atoms with van der Waals surface area (Å²) in [6.45, 7) is 5.38. The molecule has 0 spiro atoms. The number of para-hydroxylation sites is 2. The average Bonchev–Trinajstić information content (AvgIpc) is 2.86. The second-order valence-electron chi connectivity index (χ2n) is 4.41. The van der Waals surface area contributed by atoms with Crippen LogP contribution in [-0.2, 0) is 16.1 Å². The minimum atomic E-state index is -0.0229. The summed E-state index contributed by atoms with van der Waals surface area (Å²) in [4.78, 5) is 16.3. The first-order valence-electron chi connectivity index (χ1n) is 6.71. The summed E-state index contributed by atoms with van der Waals surface area (Å²) in [5.41, 5.74) is 1.99. The lowest BCUT2D eigenvalue weighted by molar-refractivity contribution is -0.118. The van der Waals surface area contributed by atoms with Crippen LogP contribution >= 0.6 is 11.8 Å². The highest BCUT2D eigenvalue weighted by atomic mass is 32.2. The molecule has 0 saturated heterocycles. The van der Waals surface area contributed by atoms with Gasteiger partial charge in [-0.2, -0.15) is 0 Å². The van der Waals surface area contributed by atoms with E-state index in [-0.39, 0.29) is 5.91 Å². The van der Waals surface area contributed by atoms with Crippen LogP contribution in [-0.4, -0.2) is 41.5 Å². The molecule has 0 fully saturated rings. The van der Waals surface area contributed by atoms with E-state index in [0.29, 0.717) is 25.4 Å². The zero-order valence-electron chi connectivity index (χ0n) is 12.0. The number of hydrogen-bond acceptors (Lipinski definition) is 4. The van der Waals surface area contributed by atoms with E-state index in [1.54, 1.807) is 13.2 Å². The van der Waals surface area contributed by atoms with Gasteiger partial charge in [0.15, 0.2) is 5.16 Å². The largest absolute Gasteiger partial charge is 0.383 e. The molecular weight excluding hydrogens is 286 g/mol. The van der Waals surface area contributed by atoms with Gasteiger partial charge in [-0.1, -0.05) is 30.0 Å². The van der Waals surface area contributed by atoms with Gasteiger partial charge in [0.1, 0.15) is 0 Å². The van der Waals surface area contributed by atoms with Crippen molar-refractivity contribution in [1.29, 1.82) is 0 Å². The van der Waals surface area contributed by atoms with E-state index >= 15 is 0 Å². The number of imidazole rings is 1. The van der Waals surface area contributed by atoms with Gasteiger partial charge in [0.25, 0.3) is 0 Å². The second-order valence-corrected chi connectivity index (χ2v) is 5.35. The third-order valence-corrected chi connectivity index (χ3v) is 3.89. The lowest BCUT2D eigenvalue weighted by Crippen LogP contribution is -2.25. The van der Waals surface area contributed by atoms with Gasteiger partial charge >= 0.3 is 0 Å². The standard InChI is InChI=1S/C15H19N3O2S/c1-3-8-16-14(19)11-21-15-17-12-6-4-5-7-13(12)18(15)9-10-20-2/h3-7H,1,8-11H2,2H3,(H,16,19). The summed E-state index contributed by atoms with van der Waals surface area (Å²) < 4.78 is 7.24. The van der Waals surface area contributed by atoms with Crippen molar-refractivity contribution in [3.8, 4) is 0 Å². The van der Waals surface area contributed by atoms with Crippen LogP contribution < -0.4 is 5.32 Å². The fourth-order valence-corrected chi connectivity index (χ4v) is 2.80.